The van der Waals surface area contributed by atoms with E-state index >= 15 is 0 Å². The lowest BCUT2D eigenvalue weighted by molar-refractivity contribution is -0.788. The molecule has 0 unspecified atom stereocenters. The fourth-order valence-electron chi connectivity index (χ4n) is 6.80. The number of piperidine rings is 1. The van der Waals surface area contributed by atoms with E-state index in [4.69, 9.17) is 4.74 Å². The molecule has 30 heavy (non-hydrogen) atoms. The van der Waals surface area contributed by atoms with E-state index in [9.17, 15) is 9.90 Å². The summed E-state index contributed by atoms with van der Waals surface area (Å²) in [7, 11) is 0. The lowest BCUT2D eigenvalue weighted by Gasteiger charge is -2.48. The van der Waals surface area contributed by atoms with E-state index in [1.807, 2.05) is 6.92 Å². The smallest absolute Gasteiger partial charge is 0.413 e. The molecule has 0 bridgehead atoms. The van der Waals surface area contributed by atoms with Gasteiger partial charge in [-0.15, -0.1) is 0 Å². The molecule has 3 aliphatic rings. The van der Waals surface area contributed by atoms with Gasteiger partial charge in [-0.25, -0.2) is 4.79 Å². The van der Waals surface area contributed by atoms with Crippen LogP contribution in [0.1, 0.15) is 107 Å². The van der Waals surface area contributed by atoms with Crippen LogP contribution in [0.2, 0.25) is 0 Å². The SMILES string of the molecule is CC1=C(CC[C@@]2(C)OC(=O)N(C3CC(C)(C)[NH2+]C(C)(C)C3)[C@@]2(C)O)C(C)(C)CCC1. The van der Waals surface area contributed by atoms with Crippen LogP contribution in [-0.4, -0.2) is 44.5 Å². The lowest BCUT2D eigenvalue weighted by atomic mass is 9.70. The van der Waals surface area contributed by atoms with Gasteiger partial charge < -0.3 is 15.2 Å². The van der Waals surface area contributed by atoms with Gasteiger partial charge in [-0.1, -0.05) is 25.0 Å². The fourth-order valence-corrected chi connectivity index (χ4v) is 6.80. The summed E-state index contributed by atoms with van der Waals surface area (Å²) in [4.78, 5) is 14.8. The van der Waals surface area contributed by atoms with Crippen molar-refractivity contribution in [2.75, 3.05) is 0 Å². The zero-order valence-electron chi connectivity index (χ0n) is 20.8. The average molecular weight is 422 g/mol. The van der Waals surface area contributed by atoms with Gasteiger partial charge in [-0.2, -0.15) is 0 Å². The largest absolute Gasteiger partial charge is 0.438 e. The first-order valence-corrected chi connectivity index (χ1v) is 11.8. The fraction of sp³-hybridized carbons (Fsp3) is 0.880. The molecule has 3 N–H and O–H groups in total. The van der Waals surface area contributed by atoms with Gasteiger partial charge in [0, 0.05) is 18.9 Å². The number of carbonyl (C=O) groups excluding carboxylic acids is 1. The number of quaternary nitrogens is 1. The topological polar surface area (TPSA) is 66.4 Å². The highest BCUT2D eigenvalue weighted by molar-refractivity contribution is 5.72. The molecule has 0 saturated carbocycles. The van der Waals surface area contributed by atoms with Crippen LogP contribution < -0.4 is 5.32 Å². The van der Waals surface area contributed by atoms with Gasteiger partial charge in [0.2, 0.25) is 0 Å². The standard InChI is InChI=1S/C25H44N2O3/c1-17-11-10-13-21(2,3)19(17)12-14-24(8)25(9,29)27(20(28)30-24)18-15-22(4,5)26-23(6,7)16-18/h18,26,29H,10-16H2,1-9H3/p+1/t24-,25+/m1/s1. The van der Waals surface area contributed by atoms with E-state index in [2.05, 4.69) is 53.8 Å². The van der Waals surface area contributed by atoms with Crippen LogP contribution >= 0.6 is 0 Å². The Balaban J connectivity index is 1.83. The van der Waals surface area contributed by atoms with Crippen molar-refractivity contribution in [1.82, 2.24) is 4.90 Å². The Bertz CT molecular complexity index is 719. The first-order chi connectivity index (χ1) is 13.5. The molecule has 0 aromatic heterocycles. The Morgan fingerprint density at radius 3 is 2.17 bits per heavy atom. The van der Waals surface area contributed by atoms with E-state index in [1.54, 1.807) is 11.8 Å². The van der Waals surface area contributed by atoms with Crippen LogP contribution in [0.15, 0.2) is 11.1 Å². The van der Waals surface area contributed by atoms with Crippen LogP contribution in [-0.2, 0) is 4.74 Å². The second-order valence-electron chi connectivity index (χ2n) is 12.7. The molecule has 1 amide bonds. The normalized spacial score (nSPS) is 36.2. The quantitative estimate of drug-likeness (QED) is 0.657. The maximum absolute atomic E-state index is 13.1. The number of nitrogens with two attached hydrogens (primary N) is 1. The summed E-state index contributed by atoms with van der Waals surface area (Å²) in [5, 5.41) is 14.1. The first-order valence-electron chi connectivity index (χ1n) is 11.8. The Morgan fingerprint density at radius 2 is 1.63 bits per heavy atom. The number of rotatable bonds is 4. The third-order valence-corrected chi connectivity index (χ3v) is 8.19. The number of carbonyl (C=O) groups is 1. The molecular formula is C25H45N2O3+. The molecule has 0 radical (unpaired) electrons. The zero-order chi connectivity index (χ0) is 22.8. The molecule has 0 spiro atoms. The van der Waals surface area contributed by atoms with Gasteiger partial charge >= 0.3 is 6.09 Å². The van der Waals surface area contributed by atoms with Gasteiger partial charge in [-0.05, 0) is 86.0 Å². The third-order valence-electron chi connectivity index (χ3n) is 8.19. The number of nitrogens with zero attached hydrogens (tertiary/aromatic N) is 1. The van der Waals surface area contributed by atoms with Gasteiger partial charge in [0.25, 0.3) is 0 Å². The number of allylic oxidation sites excluding steroid dienone is 2. The molecule has 5 heteroatoms. The number of aliphatic hydroxyl groups is 1. The van der Waals surface area contributed by atoms with Crippen molar-refractivity contribution in [2.24, 2.45) is 5.41 Å². The Morgan fingerprint density at radius 1 is 1.07 bits per heavy atom. The molecule has 2 aliphatic heterocycles. The molecule has 2 fully saturated rings. The highest BCUT2D eigenvalue weighted by Crippen LogP contribution is 2.48. The maximum Gasteiger partial charge on any atom is 0.413 e. The molecule has 2 heterocycles. The molecule has 5 nitrogen and oxygen atoms in total. The van der Waals surface area contributed by atoms with Gasteiger partial charge in [-0.3, -0.25) is 4.90 Å². The van der Waals surface area contributed by atoms with Crippen molar-refractivity contribution in [3.63, 3.8) is 0 Å². The molecule has 1 aliphatic carbocycles. The van der Waals surface area contributed by atoms with Crippen molar-refractivity contribution in [1.29, 1.82) is 0 Å². The summed E-state index contributed by atoms with van der Waals surface area (Å²) >= 11 is 0. The molecule has 2 saturated heterocycles. The van der Waals surface area contributed by atoms with E-state index in [0.29, 0.717) is 6.42 Å². The summed E-state index contributed by atoms with van der Waals surface area (Å²) in [6.07, 6.45) is 6.41. The second kappa shape index (κ2) is 7.23. The maximum atomic E-state index is 13.1. The van der Waals surface area contributed by atoms with E-state index < -0.39 is 11.3 Å². The molecule has 3 rings (SSSR count). The van der Waals surface area contributed by atoms with Crippen molar-refractivity contribution in [3.05, 3.63) is 11.1 Å². The van der Waals surface area contributed by atoms with Gasteiger partial charge in [0.15, 0.2) is 11.3 Å². The van der Waals surface area contributed by atoms with Crippen molar-refractivity contribution >= 4 is 6.09 Å². The van der Waals surface area contributed by atoms with Crippen LogP contribution in [0.25, 0.3) is 0 Å². The summed E-state index contributed by atoms with van der Waals surface area (Å²) in [6, 6.07) is -0.0311. The van der Waals surface area contributed by atoms with Crippen LogP contribution in [0.5, 0.6) is 0 Å². The minimum absolute atomic E-state index is 0.00974. The summed E-state index contributed by atoms with van der Waals surface area (Å²) in [5.41, 5.74) is 0.911. The van der Waals surface area contributed by atoms with Gasteiger partial charge in [0.1, 0.15) is 0 Å². The van der Waals surface area contributed by atoms with Crippen LogP contribution in [0, 0.1) is 5.41 Å². The number of hydrogen-bond donors (Lipinski definition) is 2. The van der Waals surface area contributed by atoms with Crippen molar-refractivity contribution in [2.45, 2.75) is 136 Å². The number of amides is 1. The first kappa shape index (κ1) is 23.6. The molecular weight excluding hydrogens is 376 g/mol. The number of ether oxygens (including phenoxy) is 1. The van der Waals surface area contributed by atoms with E-state index in [1.165, 1.54) is 24.0 Å². The molecule has 172 valence electrons. The van der Waals surface area contributed by atoms with Crippen molar-refractivity contribution in [3.8, 4) is 0 Å². The zero-order valence-corrected chi connectivity index (χ0v) is 20.8. The second-order valence-corrected chi connectivity index (χ2v) is 12.7. The minimum atomic E-state index is -1.33. The average Bonchev–Trinajstić information content (AvgIpc) is 2.67. The third kappa shape index (κ3) is 4.17. The van der Waals surface area contributed by atoms with Crippen molar-refractivity contribution < 1.29 is 20.0 Å². The summed E-state index contributed by atoms with van der Waals surface area (Å²) in [6.45, 7) is 19.5. The predicted molar refractivity (Wildman–Crippen MR) is 120 cm³/mol. The lowest BCUT2D eigenvalue weighted by Crippen LogP contribution is -3.06. The Labute approximate surface area is 183 Å². The minimum Gasteiger partial charge on any atom is -0.438 e. The molecule has 0 aromatic rings. The Hall–Kier alpha value is -1.07. The Kier molecular flexibility index (Phi) is 5.69. The number of cyclic esters (lactones) is 1. The van der Waals surface area contributed by atoms with Crippen LogP contribution in [0.4, 0.5) is 4.79 Å². The van der Waals surface area contributed by atoms with E-state index in [-0.39, 0.29) is 28.6 Å². The molecule has 2 atom stereocenters. The summed E-state index contributed by atoms with van der Waals surface area (Å²) < 4.78 is 5.96. The van der Waals surface area contributed by atoms with Crippen LogP contribution in [0.3, 0.4) is 0 Å². The highest BCUT2D eigenvalue weighted by Gasteiger charge is 2.62. The van der Waals surface area contributed by atoms with E-state index in [0.717, 1.165) is 25.7 Å². The predicted octanol–water partition coefficient (Wildman–Crippen LogP) is 4.50. The van der Waals surface area contributed by atoms with Gasteiger partial charge in [0.05, 0.1) is 11.1 Å². The number of hydrogen-bond acceptors (Lipinski definition) is 3. The highest BCUT2D eigenvalue weighted by atomic mass is 16.6. The molecule has 0 aromatic carbocycles. The monoisotopic (exact) mass is 421 g/mol. The summed E-state index contributed by atoms with van der Waals surface area (Å²) in [5.74, 6) is 0.